The van der Waals surface area contributed by atoms with E-state index < -0.39 is 5.60 Å². The molecule has 0 aliphatic rings. The molecule has 0 aliphatic heterocycles. The van der Waals surface area contributed by atoms with Gasteiger partial charge in [0.25, 0.3) is 0 Å². The number of aryl methyl sites for hydroxylation is 2. The number of para-hydroxylation sites is 2. The average Bonchev–Trinajstić information content (AvgIpc) is 2.98. The van der Waals surface area contributed by atoms with Crippen molar-refractivity contribution in [2.45, 2.75) is 59.1 Å². The number of aromatic nitrogens is 2. The van der Waals surface area contributed by atoms with Gasteiger partial charge in [0.2, 0.25) is 0 Å². The molecule has 1 aromatic carbocycles. The van der Waals surface area contributed by atoms with E-state index in [1.54, 1.807) is 0 Å². The number of hydrogen-bond donors (Lipinski definition) is 3. The summed E-state index contributed by atoms with van der Waals surface area (Å²) >= 11 is 0. The van der Waals surface area contributed by atoms with E-state index >= 15 is 0 Å². The van der Waals surface area contributed by atoms with E-state index in [-0.39, 0.29) is 0 Å². The van der Waals surface area contributed by atoms with Gasteiger partial charge in [-0.15, -0.1) is 0 Å². The first-order valence-electron chi connectivity index (χ1n) is 9.69. The summed E-state index contributed by atoms with van der Waals surface area (Å²) in [6.45, 7) is 11.0. The molecule has 0 saturated carbocycles. The maximum Gasteiger partial charge on any atom is 0.191 e. The fourth-order valence-corrected chi connectivity index (χ4v) is 2.96. The number of fused-ring (bicyclic) bond motifs is 1. The average molecular weight is 360 g/mol. The first-order chi connectivity index (χ1) is 12.5. The van der Waals surface area contributed by atoms with Crippen molar-refractivity contribution in [2.24, 2.45) is 4.99 Å². The highest BCUT2D eigenvalue weighted by Gasteiger charge is 2.21. The number of aliphatic hydroxyl groups is 1. The monoisotopic (exact) mass is 359 g/mol. The van der Waals surface area contributed by atoms with Crippen molar-refractivity contribution in [2.75, 3.05) is 19.6 Å². The molecular formula is C20H33N5O. The van der Waals surface area contributed by atoms with Gasteiger partial charge in [-0.1, -0.05) is 26.0 Å². The SMILES string of the molecule is CCNC(=NCC(O)(CC)CC)NCCCn1c(C)nc2ccccc21. The number of nitrogens with zero attached hydrogens (tertiary/aromatic N) is 3. The lowest BCUT2D eigenvalue weighted by molar-refractivity contribution is 0.0418. The van der Waals surface area contributed by atoms with Crippen LogP contribution in [0.2, 0.25) is 0 Å². The molecule has 6 nitrogen and oxygen atoms in total. The first-order valence-corrected chi connectivity index (χ1v) is 9.69. The molecule has 2 rings (SSSR count). The molecule has 0 spiro atoms. The summed E-state index contributed by atoms with van der Waals surface area (Å²) in [5.41, 5.74) is 1.52. The fourth-order valence-electron chi connectivity index (χ4n) is 2.96. The van der Waals surface area contributed by atoms with Crippen molar-refractivity contribution in [3.63, 3.8) is 0 Å². The molecule has 144 valence electrons. The zero-order chi connectivity index (χ0) is 19.0. The predicted octanol–water partition coefficient (Wildman–Crippen LogP) is 2.84. The van der Waals surface area contributed by atoms with Crippen LogP contribution in [0.4, 0.5) is 0 Å². The Morgan fingerprint density at radius 2 is 1.92 bits per heavy atom. The van der Waals surface area contributed by atoms with Crippen molar-refractivity contribution in [3.05, 3.63) is 30.1 Å². The van der Waals surface area contributed by atoms with E-state index in [9.17, 15) is 5.11 Å². The third kappa shape index (κ3) is 5.21. The molecule has 1 heterocycles. The summed E-state index contributed by atoms with van der Waals surface area (Å²) in [6.07, 6.45) is 2.39. The van der Waals surface area contributed by atoms with Gasteiger partial charge < -0.3 is 20.3 Å². The molecule has 0 bridgehead atoms. The van der Waals surface area contributed by atoms with E-state index in [0.29, 0.717) is 19.4 Å². The minimum Gasteiger partial charge on any atom is -0.388 e. The molecule has 3 N–H and O–H groups in total. The van der Waals surface area contributed by atoms with Gasteiger partial charge in [0.1, 0.15) is 5.82 Å². The van der Waals surface area contributed by atoms with E-state index in [2.05, 4.69) is 50.3 Å². The van der Waals surface area contributed by atoms with Gasteiger partial charge in [0.05, 0.1) is 23.2 Å². The van der Waals surface area contributed by atoms with Gasteiger partial charge in [-0.25, -0.2) is 4.98 Å². The van der Waals surface area contributed by atoms with Gasteiger partial charge in [-0.2, -0.15) is 0 Å². The van der Waals surface area contributed by atoms with Gasteiger partial charge in [0, 0.05) is 19.6 Å². The lowest BCUT2D eigenvalue weighted by Crippen LogP contribution is -2.40. The normalized spacial score (nSPS) is 12.6. The van der Waals surface area contributed by atoms with E-state index in [0.717, 1.165) is 43.4 Å². The van der Waals surface area contributed by atoms with Gasteiger partial charge in [0.15, 0.2) is 5.96 Å². The maximum absolute atomic E-state index is 10.4. The number of rotatable bonds is 9. The molecule has 26 heavy (non-hydrogen) atoms. The van der Waals surface area contributed by atoms with Crippen LogP contribution in [0.1, 0.15) is 45.9 Å². The Kier molecular flexibility index (Phi) is 7.45. The van der Waals surface area contributed by atoms with Gasteiger partial charge >= 0.3 is 0 Å². The highest BCUT2D eigenvalue weighted by molar-refractivity contribution is 5.79. The molecule has 1 aromatic heterocycles. The molecule has 0 atom stereocenters. The number of benzene rings is 1. The van der Waals surface area contributed by atoms with Crippen LogP contribution in [0.15, 0.2) is 29.3 Å². The predicted molar refractivity (Wildman–Crippen MR) is 109 cm³/mol. The molecule has 2 aromatic rings. The highest BCUT2D eigenvalue weighted by atomic mass is 16.3. The third-order valence-corrected chi connectivity index (χ3v) is 4.89. The summed E-state index contributed by atoms with van der Waals surface area (Å²) in [4.78, 5) is 9.16. The number of aliphatic imine (C=N–C) groups is 1. The Bertz CT molecular complexity index is 718. The molecule has 0 radical (unpaired) electrons. The Morgan fingerprint density at radius 1 is 1.19 bits per heavy atom. The lowest BCUT2D eigenvalue weighted by atomic mass is 9.98. The van der Waals surface area contributed by atoms with Crippen molar-refractivity contribution in [1.82, 2.24) is 20.2 Å². The van der Waals surface area contributed by atoms with E-state index in [4.69, 9.17) is 0 Å². The van der Waals surface area contributed by atoms with Crippen molar-refractivity contribution in [3.8, 4) is 0 Å². The number of hydrogen-bond acceptors (Lipinski definition) is 3. The Hall–Kier alpha value is -2.08. The Balaban J connectivity index is 1.90. The van der Waals surface area contributed by atoms with Crippen LogP contribution in [0.5, 0.6) is 0 Å². The zero-order valence-corrected chi connectivity index (χ0v) is 16.5. The van der Waals surface area contributed by atoms with Crippen LogP contribution in [0.25, 0.3) is 11.0 Å². The van der Waals surface area contributed by atoms with Crippen LogP contribution in [0, 0.1) is 6.92 Å². The summed E-state index contributed by atoms with van der Waals surface area (Å²) in [7, 11) is 0. The maximum atomic E-state index is 10.4. The second-order valence-electron chi connectivity index (χ2n) is 6.71. The van der Waals surface area contributed by atoms with Crippen LogP contribution >= 0.6 is 0 Å². The molecule has 0 saturated heterocycles. The molecule has 0 amide bonds. The van der Waals surface area contributed by atoms with Crippen LogP contribution in [-0.4, -0.2) is 45.9 Å². The van der Waals surface area contributed by atoms with Crippen LogP contribution in [0.3, 0.4) is 0 Å². The van der Waals surface area contributed by atoms with Crippen LogP contribution < -0.4 is 10.6 Å². The molecular weight excluding hydrogens is 326 g/mol. The number of nitrogens with one attached hydrogen (secondary N) is 2. The summed E-state index contributed by atoms with van der Waals surface area (Å²) in [5.74, 6) is 1.81. The van der Waals surface area contributed by atoms with E-state index in [1.807, 2.05) is 26.8 Å². The van der Waals surface area contributed by atoms with E-state index in [1.165, 1.54) is 5.52 Å². The molecule has 0 fully saturated rings. The molecule has 6 heteroatoms. The minimum absolute atomic E-state index is 0.417. The largest absolute Gasteiger partial charge is 0.388 e. The smallest absolute Gasteiger partial charge is 0.191 e. The highest BCUT2D eigenvalue weighted by Crippen LogP contribution is 2.16. The van der Waals surface area contributed by atoms with Crippen molar-refractivity contribution >= 4 is 17.0 Å². The zero-order valence-electron chi connectivity index (χ0n) is 16.5. The quantitative estimate of drug-likeness (QED) is 0.366. The fraction of sp³-hybridized carbons (Fsp3) is 0.600. The summed E-state index contributed by atoms with van der Waals surface area (Å²) in [6, 6.07) is 8.24. The second kappa shape index (κ2) is 9.57. The minimum atomic E-state index is -0.713. The van der Waals surface area contributed by atoms with Gasteiger partial charge in [-0.3, -0.25) is 4.99 Å². The summed E-state index contributed by atoms with van der Waals surface area (Å²) in [5, 5.41) is 17.0. The lowest BCUT2D eigenvalue weighted by Gasteiger charge is -2.23. The van der Waals surface area contributed by atoms with Crippen molar-refractivity contribution in [1.29, 1.82) is 0 Å². The number of guanidine groups is 1. The van der Waals surface area contributed by atoms with Gasteiger partial charge in [-0.05, 0) is 45.2 Å². The first kappa shape index (κ1) is 20.2. The standard InChI is InChI=1S/C20H33N5O/c1-5-20(26,6-2)15-23-19(21-7-3)22-13-10-14-25-16(4)24-17-11-8-9-12-18(17)25/h8-9,11-12,26H,5-7,10,13-15H2,1-4H3,(H2,21,22,23). The second-order valence-corrected chi connectivity index (χ2v) is 6.71. The summed E-state index contributed by atoms with van der Waals surface area (Å²) < 4.78 is 2.26. The van der Waals surface area contributed by atoms with Crippen LogP contribution in [-0.2, 0) is 6.54 Å². The number of imidazole rings is 1. The Morgan fingerprint density at radius 3 is 2.62 bits per heavy atom. The third-order valence-electron chi connectivity index (χ3n) is 4.89. The topological polar surface area (TPSA) is 74.5 Å². The molecule has 0 aliphatic carbocycles. The van der Waals surface area contributed by atoms with Crippen molar-refractivity contribution < 1.29 is 5.11 Å². The molecule has 0 unspecified atom stereocenters. The Labute approximate surface area is 156 Å².